The molecule has 0 fully saturated rings. The molecule has 1 heterocycles. The predicted molar refractivity (Wildman–Crippen MR) is 94.1 cm³/mol. The summed E-state index contributed by atoms with van der Waals surface area (Å²) in [7, 11) is 3.51. The highest BCUT2D eigenvalue weighted by atomic mass is 16.5. The molecule has 0 radical (unpaired) electrons. The number of aromatic nitrogens is 2. The molecule has 0 saturated heterocycles. The van der Waals surface area contributed by atoms with Crippen LogP contribution in [0.5, 0.6) is 11.5 Å². The Labute approximate surface area is 142 Å². The van der Waals surface area contributed by atoms with E-state index >= 15 is 0 Å². The molecule has 2 aromatic rings. The highest BCUT2D eigenvalue weighted by Crippen LogP contribution is 2.28. The summed E-state index contributed by atoms with van der Waals surface area (Å²) in [6.07, 6.45) is 6.07. The van der Waals surface area contributed by atoms with Gasteiger partial charge in [-0.15, -0.1) is 0 Å². The minimum atomic E-state index is 0.298. The fraction of sp³-hybridized carbons (Fsp3) is 0.333. The fourth-order valence-corrected chi connectivity index (χ4v) is 2.02. The summed E-state index contributed by atoms with van der Waals surface area (Å²) in [5, 5.41) is 7.11. The molecular formula is C18H23N3O3. The summed E-state index contributed by atoms with van der Waals surface area (Å²) >= 11 is 0. The van der Waals surface area contributed by atoms with Crippen molar-refractivity contribution in [3.8, 4) is 11.5 Å². The van der Waals surface area contributed by atoms with E-state index in [0.29, 0.717) is 35.9 Å². The maximum atomic E-state index is 5.53. The molecule has 0 bridgehead atoms. The number of nitrogens with one attached hydrogen (secondary N) is 1. The van der Waals surface area contributed by atoms with Crippen LogP contribution >= 0.6 is 0 Å². The summed E-state index contributed by atoms with van der Waals surface area (Å²) in [4.78, 5) is 4.34. The van der Waals surface area contributed by atoms with Crippen molar-refractivity contribution in [1.29, 1.82) is 0 Å². The molecule has 128 valence electrons. The Morgan fingerprint density at radius 3 is 2.88 bits per heavy atom. The zero-order chi connectivity index (χ0) is 17.4. The van der Waals surface area contributed by atoms with Gasteiger partial charge in [0.15, 0.2) is 17.3 Å². The lowest BCUT2D eigenvalue weighted by Gasteiger charge is -2.09. The molecule has 1 N–H and O–H groups in total. The third-order valence-electron chi connectivity index (χ3n) is 3.43. The zero-order valence-electron chi connectivity index (χ0n) is 14.3. The van der Waals surface area contributed by atoms with Crippen LogP contribution in [0.3, 0.4) is 0 Å². The first-order valence-electron chi connectivity index (χ1n) is 7.76. The van der Waals surface area contributed by atoms with Crippen molar-refractivity contribution in [3.63, 3.8) is 0 Å². The normalized spacial score (nSPS) is 12.3. The summed E-state index contributed by atoms with van der Waals surface area (Å²) in [6.45, 7) is 6.13. The van der Waals surface area contributed by atoms with Gasteiger partial charge in [-0.25, -0.2) is 0 Å². The lowest BCUT2D eigenvalue weighted by molar-refractivity contribution is 0.326. The van der Waals surface area contributed by atoms with Gasteiger partial charge in [-0.1, -0.05) is 23.9 Å². The van der Waals surface area contributed by atoms with Gasteiger partial charge in [-0.2, -0.15) is 4.98 Å². The number of benzene rings is 1. The van der Waals surface area contributed by atoms with E-state index in [-0.39, 0.29) is 0 Å². The standard InChI is InChI=1S/C18H23N3O3/c1-5-10-23-15-8-6-14(12-16(15)22-4)7-9-18-20-17(21-24-18)11-13(2)19-3/h5-9,12-13,19H,1,10-11H2,2-4H3/b9-7+. The number of hydrogen-bond donors (Lipinski definition) is 1. The molecule has 2 rings (SSSR count). The Kier molecular flexibility index (Phi) is 6.57. The molecule has 1 aromatic carbocycles. The van der Waals surface area contributed by atoms with E-state index < -0.39 is 0 Å². The average Bonchev–Trinajstić information content (AvgIpc) is 3.05. The maximum Gasteiger partial charge on any atom is 0.250 e. The Balaban J connectivity index is 2.07. The molecule has 0 spiro atoms. The second-order valence-electron chi connectivity index (χ2n) is 5.29. The van der Waals surface area contributed by atoms with Gasteiger partial charge in [0.25, 0.3) is 5.89 Å². The number of ether oxygens (including phenoxy) is 2. The third kappa shape index (κ3) is 4.96. The molecule has 1 unspecified atom stereocenters. The van der Waals surface area contributed by atoms with Crippen LogP contribution in [0.2, 0.25) is 0 Å². The van der Waals surface area contributed by atoms with E-state index in [0.717, 1.165) is 12.0 Å². The van der Waals surface area contributed by atoms with E-state index in [1.54, 1.807) is 19.3 Å². The first-order chi connectivity index (χ1) is 11.7. The fourth-order valence-electron chi connectivity index (χ4n) is 2.02. The van der Waals surface area contributed by atoms with Crippen molar-refractivity contribution in [2.45, 2.75) is 19.4 Å². The molecule has 24 heavy (non-hydrogen) atoms. The van der Waals surface area contributed by atoms with Crippen molar-refractivity contribution in [2.75, 3.05) is 20.8 Å². The molecule has 1 atom stereocenters. The third-order valence-corrected chi connectivity index (χ3v) is 3.43. The number of hydrogen-bond acceptors (Lipinski definition) is 6. The summed E-state index contributed by atoms with van der Waals surface area (Å²) in [5.41, 5.74) is 0.946. The first-order valence-corrected chi connectivity index (χ1v) is 7.76. The highest BCUT2D eigenvalue weighted by molar-refractivity contribution is 5.67. The Morgan fingerprint density at radius 2 is 2.17 bits per heavy atom. The number of methoxy groups -OCH3 is 1. The summed E-state index contributed by atoms with van der Waals surface area (Å²) in [6, 6.07) is 5.97. The van der Waals surface area contributed by atoms with Crippen LogP contribution < -0.4 is 14.8 Å². The van der Waals surface area contributed by atoms with Gasteiger partial charge in [0.2, 0.25) is 0 Å². The van der Waals surface area contributed by atoms with Crippen molar-refractivity contribution >= 4 is 12.2 Å². The molecule has 6 heteroatoms. The van der Waals surface area contributed by atoms with E-state index in [1.807, 2.05) is 31.3 Å². The van der Waals surface area contributed by atoms with Gasteiger partial charge < -0.3 is 19.3 Å². The van der Waals surface area contributed by atoms with Crippen LogP contribution in [0.25, 0.3) is 12.2 Å². The van der Waals surface area contributed by atoms with Gasteiger partial charge in [0, 0.05) is 18.5 Å². The highest BCUT2D eigenvalue weighted by Gasteiger charge is 2.08. The molecule has 0 amide bonds. The Bertz CT molecular complexity index is 695. The SMILES string of the molecule is C=CCOc1ccc(/C=C/c2nc(CC(C)NC)no2)cc1OC. The number of rotatable bonds is 9. The monoisotopic (exact) mass is 329 g/mol. The molecule has 0 saturated carbocycles. The second kappa shape index (κ2) is 8.88. The smallest absolute Gasteiger partial charge is 0.250 e. The topological polar surface area (TPSA) is 69.4 Å². The predicted octanol–water partition coefficient (Wildman–Crippen LogP) is 2.96. The van der Waals surface area contributed by atoms with E-state index in [9.17, 15) is 0 Å². The quantitative estimate of drug-likeness (QED) is 0.713. The second-order valence-corrected chi connectivity index (χ2v) is 5.29. The molecule has 0 aliphatic carbocycles. The van der Waals surface area contributed by atoms with Gasteiger partial charge in [-0.05, 0) is 37.7 Å². The molecule has 6 nitrogen and oxygen atoms in total. The van der Waals surface area contributed by atoms with Gasteiger partial charge in [-0.3, -0.25) is 0 Å². The minimum absolute atomic E-state index is 0.298. The lowest BCUT2D eigenvalue weighted by Crippen LogP contribution is -2.24. The van der Waals surface area contributed by atoms with E-state index in [2.05, 4.69) is 29.0 Å². The van der Waals surface area contributed by atoms with Gasteiger partial charge in [0.1, 0.15) is 6.61 Å². The minimum Gasteiger partial charge on any atom is -0.493 e. The van der Waals surface area contributed by atoms with Crippen LogP contribution in [0.4, 0.5) is 0 Å². The van der Waals surface area contributed by atoms with Crippen LogP contribution in [-0.4, -0.2) is 36.9 Å². The number of nitrogens with zero attached hydrogens (tertiary/aromatic N) is 2. The summed E-state index contributed by atoms with van der Waals surface area (Å²) in [5.74, 6) is 2.49. The first kappa shape index (κ1) is 17.7. The Morgan fingerprint density at radius 1 is 1.33 bits per heavy atom. The van der Waals surface area contributed by atoms with Crippen molar-refractivity contribution in [2.24, 2.45) is 0 Å². The van der Waals surface area contributed by atoms with Crippen LogP contribution in [0.15, 0.2) is 35.4 Å². The van der Waals surface area contributed by atoms with Crippen LogP contribution in [0, 0.1) is 0 Å². The van der Waals surface area contributed by atoms with Gasteiger partial charge in [0.05, 0.1) is 7.11 Å². The van der Waals surface area contributed by atoms with Gasteiger partial charge >= 0.3 is 0 Å². The maximum absolute atomic E-state index is 5.53. The molecular weight excluding hydrogens is 306 g/mol. The van der Waals surface area contributed by atoms with Crippen molar-refractivity contribution < 1.29 is 14.0 Å². The Hall–Kier alpha value is -2.60. The van der Waals surface area contributed by atoms with E-state index in [1.165, 1.54) is 0 Å². The van der Waals surface area contributed by atoms with Crippen LogP contribution in [0.1, 0.15) is 24.2 Å². The zero-order valence-corrected chi connectivity index (χ0v) is 14.3. The molecule has 0 aliphatic heterocycles. The summed E-state index contributed by atoms with van der Waals surface area (Å²) < 4.78 is 16.1. The average molecular weight is 329 g/mol. The van der Waals surface area contributed by atoms with Crippen molar-refractivity contribution in [1.82, 2.24) is 15.5 Å². The van der Waals surface area contributed by atoms with Crippen LogP contribution in [-0.2, 0) is 6.42 Å². The van der Waals surface area contributed by atoms with E-state index in [4.69, 9.17) is 14.0 Å². The largest absolute Gasteiger partial charge is 0.493 e. The molecule has 1 aromatic heterocycles. The number of likely N-dealkylation sites (N-methyl/N-ethyl adjacent to an activating group) is 1. The van der Waals surface area contributed by atoms with Crippen molar-refractivity contribution in [3.05, 3.63) is 48.1 Å². The molecule has 0 aliphatic rings. The lowest BCUT2D eigenvalue weighted by atomic mass is 10.2.